The summed E-state index contributed by atoms with van der Waals surface area (Å²) >= 11 is 0. The normalized spacial score (nSPS) is 11.7. The highest BCUT2D eigenvalue weighted by Crippen LogP contribution is 2.20. The fraction of sp³-hybridized carbons (Fsp3) is 0.364. The van der Waals surface area contributed by atoms with Gasteiger partial charge in [0.15, 0.2) is 0 Å². The zero-order valence-electron chi connectivity index (χ0n) is 9.86. The lowest BCUT2D eigenvalue weighted by Crippen LogP contribution is -2.24. The minimum Gasteiger partial charge on any atom is -0.254 e. The molecule has 0 unspecified atom stereocenters. The van der Waals surface area contributed by atoms with Crippen molar-refractivity contribution < 1.29 is 0 Å². The average Bonchev–Trinajstić information content (AvgIpc) is 2.64. The summed E-state index contributed by atoms with van der Waals surface area (Å²) in [5.74, 6) is 0. The Kier molecular flexibility index (Phi) is 2.87. The molecule has 0 saturated heterocycles. The van der Waals surface area contributed by atoms with Gasteiger partial charge in [-0.05, 0) is 18.2 Å². The van der Waals surface area contributed by atoms with E-state index in [2.05, 4.69) is 40.0 Å². The molecule has 2 heterocycles. The first-order chi connectivity index (χ1) is 7.56. The van der Waals surface area contributed by atoms with Crippen LogP contribution < -0.4 is 0 Å². The van der Waals surface area contributed by atoms with Crippen LogP contribution in [0.15, 0.2) is 24.4 Å². The lowest BCUT2D eigenvalue weighted by atomic mass is 10.2. The van der Waals surface area contributed by atoms with Gasteiger partial charge in [0.05, 0.1) is 19.5 Å². The minimum absolute atomic E-state index is 0.892. The van der Waals surface area contributed by atoms with E-state index in [1.54, 1.807) is 6.20 Å². The van der Waals surface area contributed by atoms with Gasteiger partial charge in [0.25, 0.3) is 0 Å². The van der Waals surface area contributed by atoms with Gasteiger partial charge in [-0.3, -0.25) is 4.98 Å². The van der Waals surface area contributed by atoms with Gasteiger partial charge in [-0.15, -0.1) is 0 Å². The quantitative estimate of drug-likeness (QED) is 0.826. The van der Waals surface area contributed by atoms with Crippen molar-refractivity contribution in [3.8, 4) is 11.4 Å². The molecule has 0 aliphatic carbocycles. The molecule has 1 N–H and O–H groups in total. The maximum atomic E-state index is 4.30. The zero-order chi connectivity index (χ0) is 11.6. The van der Waals surface area contributed by atoms with Gasteiger partial charge in [-0.25, -0.2) is 0 Å². The molecule has 0 radical (unpaired) electrons. The number of H-pyrrole nitrogens is 1. The van der Waals surface area contributed by atoms with E-state index in [1.807, 2.05) is 18.2 Å². The molecule has 0 bridgehead atoms. The first kappa shape index (κ1) is 11.0. The Morgan fingerprint density at radius 3 is 2.62 bits per heavy atom. The third kappa shape index (κ3) is 2.55. The number of nitrogens with one attached hydrogen (secondary N) is 1. The summed E-state index contributed by atoms with van der Waals surface area (Å²) in [6, 6.07) is 6.86. The topological polar surface area (TPSA) is 54.5 Å². The van der Waals surface area contributed by atoms with Crippen LogP contribution in [-0.4, -0.2) is 28.5 Å². The predicted molar refractivity (Wildman–Crippen MR) is 66.7 cm³/mol. The van der Waals surface area contributed by atoms with Crippen LogP contribution in [0.1, 0.15) is 5.69 Å². The smallest absolute Gasteiger partial charge is 0.134 e. The largest absolute Gasteiger partial charge is 0.254 e. The van der Waals surface area contributed by atoms with Crippen molar-refractivity contribution in [2.45, 2.75) is 25.7 Å². The summed E-state index contributed by atoms with van der Waals surface area (Å²) in [6.45, 7) is 6.97. The van der Waals surface area contributed by atoms with Crippen LogP contribution in [0, 0.1) is 0 Å². The molecule has 0 spiro atoms. The van der Waals surface area contributed by atoms with Crippen LogP contribution in [0.5, 0.6) is 0 Å². The van der Waals surface area contributed by atoms with Crippen LogP contribution in [0.3, 0.4) is 0 Å². The van der Waals surface area contributed by atoms with Gasteiger partial charge in [0.1, 0.15) is 5.69 Å². The van der Waals surface area contributed by atoms with E-state index in [-0.39, 0.29) is 0 Å². The van der Waals surface area contributed by atoms with Crippen molar-refractivity contribution in [2.24, 2.45) is 0 Å². The van der Waals surface area contributed by atoms with Crippen molar-refractivity contribution >= 4 is 8.07 Å². The highest BCUT2D eigenvalue weighted by atomic mass is 28.3. The monoisotopic (exact) mass is 232 g/mol. The molecule has 0 saturated carbocycles. The van der Waals surface area contributed by atoms with Gasteiger partial charge in [-0.1, -0.05) is 25.7 Å². The number of aromatic nitrogens is 4. The standard InChI is InChI=1S/C11H16N4Si/c1-16(2,3)8-10-11(14-15-13-10)9-6-4-5-7-12-9/h4-7H,8H2,1-3H3,(H,13,14,15). The Balaban J connectivity index is 2.33. The fourth-order valence-electron chi connectivity index (χ4n) is 1.59. The number of hydrogen-bond acceptors (Lipinski definition) is 3. The summed E-state index contributed by atoms with van der Waals surface area (Å²) in [7, 11) is -1.18. The third-order valence-corrected chi connectivity index (χ3v) is 3.62. The Morgan fingerprint density at radius 1 is 1.19 bits per heavy atom. The van der Waals surface area contributed by atoms with E-state index in [9.17, 15) is 0 Å². The summed E-state index contributed by atoms with van der Waals surface area (Å²) in [6.07, 6.45) is 1.78. The van der Waals surface area contributed by atoms with Crippen LogP contribution in [0.2, 0.25) is 19.6 Å². The Hall–Kier alpha value is -1.49. The van der Waals surface area contributed by atoms with E-state index in [4.69, 9.17) is 0 Å². The maximum absolute atomic E-state index is 4.30. The molecule has 0 aliphatic heterocycles. The predicted octanol–water partition coefficient (Wildman–Crippen LogP) is 2.29. The molecular formula is C11H16N4Si. The van der Waals surface area contributed by atoms with Crippen LogP contribution in [0.4, 0.5) is 0 Å². The molecule has 5 heteroatoms. The molecule has 0 atom stereocenters. The molecule has 0 fully saturated rings. The SMILES string of the molecule is C[Si](C)(C)Cc1n[nH]nc1-c1ccccn1. The first-order valence-electron chi connectivity index (χ1n) is 5.37. The van der Waals surface area contributed by atoms with Gasteiger partial charge < -0.3 is 0 Å². The molecule has 4 nitrogen and oxygen atoms in total. The van der Waals surface area contributed by atoms with Crippen LogP contribution >= 0.6 is 0 Å². The van der Waals surface area contributed by atoms with E-state index in [0.29, 0.717) is 0 Å². The third-order valence-electron chi connectivity index (χ3n) is 2.23. The van der Waals surface area contributed by atoms with Crippen molar-refractivity contribution in [3.05, 3.63) is 30.1 Å². The number of nitrogens with zero attached hydrogens (tertiary/aromatic N) is 3. The van der Waals surface area contributed by atoms with Gasteiger partial charge in [0, 0.05) is 6.20 Å². The Bertz CT molecular complexity index is 458. The van der Waals surface area contributed by atoms with Crippen molar-refractivity contribution in [1.82, 2.24) is 20.4 Å². The highest BCUT2D eigenvalue weighted by molar-refractivity contribution is 6.75. The molecule has 2 rings (SSSR count). The van der Waals surface area contributed by atoms with Gasteiger partial charge in [-0.2, -0.15) is 15.4 Å². The van der Waals surface area contributed by atoms with E-state index in [0.717, 1.165) is 23.1 Å². The van der Waals surface area contributed by atoms with E-state index >= 15 is 0 Å². The summed E-state index contributed by atoms with van der Waals surface area (Å²) in [5.41, 5.74) is 2.82. The fourth-order valence-corrected chi connectivity index (χ4v) is 2.84. The first-order valence-corrected chi connectivity index (χ1v) is 9.08. The van der Waals surface area contributed by atoms with Crippen LogP contribution in [-0.2, 0) is 6.04 Å². The van der Waals surface area contributed by atoms with E-state index in [1.165, 1.54) is 0 Å². The second-order valence-electron chi connectivity index (χ2n) is 5.07. The van der Waals surface area contributed by atoms with Crippen molar-refractivity contribution in [3.63, 3.8) is 0 Å². The Morgan fingerprint density at radius 2 is 2.00 bits per heavy atom. The summed E-state index contributed by atoms with van der Waals surface area (Å²) in [5, 5.41) is 11.1. The molecule has 2 aromatic heterocycles. The van der Waals surface area contributed by atoms with Crippen LogP contribution in [0.25, 0.3) is 11.4 Å². The molecule has 2 aromatic rings. The Labute approximate surface area is 96.1 Å². The van der Waals surface area contributed by atoms with E-state index < -0.39 is 8.07 Å². The minimum atomic E-state index is -1.18. The lowest BCUT2D eigenvalue weighted by molar-refractivity contribution is 0.923. The molecule has 0 aliphatic rings. The summed E-state index contributed by atoms with van der Waals surface area (Å²) < 4.78 is 0. The zero-order valence-corrected chi connectivity index (χ0v) is 10.9. The lowest BCUT2D eigenvalue weighted by Gasteiger charge is -2.13. The number of pyridine rings is 1. The number of aromatic amines is 1. The van der Waals surface area contributed by atoms with Crippen molar-refractivity contribution in [1.29, 1.82) is 0 Å². The molecule has 84 valence electrons. The van der Waals surface area contributed by atoms with Crippen molar-refractivity contribution in [2.75, 3.05) is 0 Å². The average molecular weight is 232 g/mol. The molecule has 0 aromatic carbocycles. The molecule has 16 heavy (non-hydrogen) atoms. The second kappa shape index (κ2) is 4.17. The highest BCUT2D eigenvalue weighted by Gasteiger charge is 2.20. The van der Waals surface area contributed by atoms with Gasteiger partial charge in [0.2, 0.25) is 0 Å². The molecule has 0 amide bonds. The summed E-state index contributed by atoms with van der Waals surface area (Å²) in [4.78, 5) is 4.30. The number of hydrogen-bond donors (Lipinski definition) is 1. The maximum Gasteiger partial charge on any atom is 0.134 e. The molecular weight excluding hydrogens is 216 g/mol. The number of rotatable bonds is 3. The second-order valence-corrected chi connectivity index (χ2v) is 10.5. The van der Waals surface area contributed by atoms with Gasteiger partial charge >= 0.3 is 0 Å².